The van der Waals surface area contributed by atoms with E-state index in [0.717, 1.165) is 5.01 Å². The Bertz CT molecular complexity index is 715. The number of amides is 1. The minimum Gasteiger partial charge on any atom is -0.321 e. The lowest BCUT2D eigenvalue weighted by Gasteiger charge is -2.01. The number of nitrogens with one attached hydrogen (secondary N) is 1. The average Bonchev–Trinajstić information content (AvgIpc) is 2.89. The SMILES string of the molecule is Cc1nn2cc(C(=O)Nc3ccc(F)cc3)nc2s1. The van der Waals surface area contributed by atoms with Gasteiger partial charge in [0, 0.05) is 5.69 Å². The van der Waals surface area contributed by atoms with Crippen molar-refractivity contribution in [2.75, 3.05) is 5.32 Å². The molecule has 0 saturated carbocycles. The normalized spacial score (nSPS) is 10.8. The Kier molecular flexibility index (Phi) is 2.75. The van der Waals surface area contributed by atoms with E-state index in [9.17, 15) is 9.18 Å². The monoisotopic (exact) mass is 276 g/mol. The van der Waals surface area contributed by atoms with E-state index in [1.807, 2.05) is 6.92 Å². The number of aryl methyl sites for hydroxylation is 1. The lowest BCUT2D eigenvalue weighted by Crippen LogP contribution is -2.12. The molecule has 0 saturated heterocycles. The number of hydrogen-bond acceptors (Lipinski definition) is 4. The lowest BCUT2D eigenvalue weighted by atomic mass is 10.3. The number of imidazole rings is 1. The minimum atomic E-state index is -0.347. The van der Waals surface area contributed by atoms with Crippen LogP contribution in [0.3, 0.4) is 0 Å². The van der Waals surface area contributed by atoms with Gasteiger partial charge in [0.15, 0.2) is 0 Å². The summed E-state index contributed by atoms with van der Waals surface area (Å²) >= 11 is 1.41. The number of anilines is 1. The number of carbonyl (C=O) groups excluding carboxylic acids is 1. The highest BCUT2D eigenvalue weighted by Gasteiger charge is 2.13. The van der Waals surface area contributed by atoms with Crippen molar-refractivity contribution >= 4 is 27.9 Å². The van der Waals surface area contributed by atoms with Crippen LogP contribution in [-0.2, 0) is 0 Å². The first-order chi connectivity index (χ1) is 9.11. The molecule has 96 valence electrons. The lowest BCUT2D eigenvalue weighted by molar-refractivity contribution is 0.102. The van der Waals surface area contributed by atoms with Gasteiger partial charge in [0.05, 0.1) is 6.20 Å². The van der Waals surface area contributed by atoms with Gasteiger partial charge in [-0.3, -0.25) is 4.79 Å². The second-order valence-electron chi connectivity index (χ2n) is 3.94. The van der Waals surface area contributed by atoms with Crippen LogP contribution in [0.2, 0.25) is 0 Å². The fourth-order valence-corrected chi connectivity index (χ4v) is 2.36. The molecule has 0 radical (unpaired) electrons. The number of carbonyl (C=O) groups is 1. The molecule has 1 N–H and O–H groups in total. The first kappa shape index (κ1) is 11.8. The van der Waals surface area contributed by atoms with Crippen molar-refractivity contribution in [3.8, 4) is 0 Å². The Morgan fingerprint density at radius 1 is 1.37 bits per heavy atom. The van der Waals surface area contributed by atoms with Crippen LogP contribution in [0.15, 0.2) is 30.5 Å². The van der Waals surface area contributed by atoms with Crippen LogP contribution in [0.5, 0.6) is 0 Å². The summed E-state index contributed by atoms with van der Waals surface area (Å²) in [5.74, 6) is -0.692. The van der Waals surface area contributed by atoms with Crippen molar-refractivity contribution < 1.29 is 9.18 Å². The number of hydrogen-bond donors (Lipinski definition) is 1. The Morgan fingerprint density at radius 3 is 2.79 bits per heavy atom. The number of nitrogens with zero attached hydrogens (tertiary/aromatic N) is 3. The van der Waals surface area contributed by atoms with Crippen LogP contribution in [-0.4, -0.2) is 20.5 Å². The first-order valence-corrected chi connectivity index (χ1v) is 6.33. The molecule has 0 fully saturated rings. The van der Waals surface area contributed by atoms with Crippen LogP contribution in [0, 0.1) is 12.7 Å². The summed E-state index contributed by atoms with van der Waals surface area (Å²) in [5.41, 5.74) is 0.801. The van der Waals surface area contributed by atoms with Gasteiger partial charge < -0.3 is 5.32 Å². The third-order valence-electron chi connectivity index (χ3n) is 2.48. The summed E-state index contributed by atoms with van der Waals surface area (Å²) in [6, 6.07) is 5.56. The van der Waals surface area contributed by atoms with Crippen LogP contribution in [0.1, 0.15) is 15.5 Å². The van der Waals surface area contributed by atoms with Gasteiger partial charge in [-0.15, -0.1) is 0 Å². The van der Waals surface area contributed by atoms with Gasteiger partial charge in [0.1, 0.15) is 16.5 Å². The van der Waals surface area contributed by atoms with Gasteiger partial charge in [0.2, 0.25) is 4.96 Å². The highest BCUT2D eigenvalue weighted by molar-refractivity contribution is 7.16. The van der Waals surface area contributed by atoms with E-state index in [2.05, 4.69) is 15.4 Å². The number of halogens is 1. The molecule has 0 aliphatic rings. The molecule has 0 aliphatic carbocycles. The Hall–Kier alpha value is -2.28. The van der Waals surface area contributed by atoms with Gasteiger partial charge in [-0.1, -0.05) is 11.3 Å². The molecule has 0 atom stereocenters. The molecule has 3 rings (SSSR count). The van der Waals surface area contributed by atoms with E-state index >= 15 is 0 Å². The summed E-state index contributed by atoms with van der Waals surface area (Å²) in [5, 5.41) is 7.71. The van der Waals surface area contributed by atoms with Crippen molar-refractivity contribution in [3.63, 3.8) is 0 Å². The molecule has 7 heteroatoms. The molecule has 0 bridgehead atoms. The Balaban J connectivity index is 1.83. The zero-order valence-corrected chi connectivity index (χ0v) is 10.7. The van der Waals surface area contributed by atoms with E-state index < -0.39 is 0 Å². The van der Waals surface area contributed by atoms with Crippen LogP contribution in [0.4, 0.5) is 10.1 Å². The Labute approximate surface area is 111 Å². The molecule has 1 aromatic carbocycles. The van der Waals surface area contributed by atoms with Crippen molar-refractivity contribution in [1.82, 2.24) is 14.6 Å². The van der Waals surface area contributed by atoms with Gasteiger partial charge in [-0.25, -0.2) is 13.9 Å². The first-order valence-electron chi connectivity index (χ1n) is 5.51. The predicted molar refractivity (Wildman–Crippen MR) is 70.0 cm³/mol. The van der Waals surface area contributed by atoms with E-state index in [-0.39, 0.29) is 17.4 Å². The molecule has 2 aromatic heterocycles. The van der Waals surface area contributed by atoms with E-state index in [4.69, 9.17) is 0 Å². The number of fused-ring (bicyclic) bond motifs is 1. The summed E-state index contributed by atoms with van der Waals surface area (Å²) < 4.78 is 14.3. The molecule has 3 aromatic rings. The van der Waals surface area contributed by atoms with Crippen molar-refractivity contribution in [2.45, 2.75) is 6.92 Å². The van der Waals surface area contributed by atoms with Crippen molar-refractivity contribution in [3.05, 3.63) is 47.0 Å². The standard InChI is InChI=1S/C12H9FN4OS/c1-7-16-17-6-10(15-12(17)19-7)11(18)14-9-4-2-8(13)3-5-9/h2-6H,1H3,(H,14,18). The summed E-state index contributed by atoms with van der Waals surface area (Å²) in [7, 11) is 0. The molecule has 19 heavy (non-hydrogen) atoms. The van der Waals surface area contributed by atoms with Crippen molar-refractivity contribution in [2.24, 2.45) is 0 Å². The maximum atomic E-state index is 12.7. The maximum absolute atomic E-state index is 12.7. The highest BCUT2D eigenvalue weighted by atomic mass is 32.1. The molecular formula is C12H9FN4OS. The molecule has 0 unspecified atom stereocenters. The zero-order chi connectivity index (χ0) is 13.4. The van der Waals surface area contributed by atoms with Gasteiger partial charge in [-0.2, -0.15) is 5.10 Å². The molecular weight excluding hydrogens is 267 g/mol. The second kappa shape index (κ2) is 4.43. The molecule has 2 heterocycles. The topological polar surface area (TPSA) is 59.3 Å². The highest BCUT2D eigenvalue weighted by Crippen LogP contribution is 2.15. The minimum absolute atomic E-state index is 0.281. The molecule has 1 amide bonds. The summed E-state index contributed by atoms with van der Waals surface area (Å²) in [4.78, 5) is 16.8. The van der Waals surface area contributed by atoms with E-state index in [1.54, 1.807) is 10.7 Å². The predicted octanol–water partition coefficient (Wildman–Crippen LogP) is 2.49. The van der Waals surface area contributed by atoms with E-state index in [1.165, 1.54) is 35.6 Å². The number of rotatable bonds is 2. The van der Waals surface area contributed by atoms with Crippen LogP contribution in [0.25, 0.3) is 4.96 Å². The van der Waals surface area contributed by atoms with E-state index in [0.29, 0.717) is 10.6 Å². The third kappa shape index (κ3) is 2.32. The quantitative estimate of drug-likeness (QED) is 0.782. The maximum Gasteiger partial charge on any atom is 0.275 e. The smallest absolute Gasteiger partial charge is 0.275 e. The zero-order valence-electron chi connectivity index (χ0n) is 9.92. The second-order valence-corrected chi connectivity index (χ2v) is 5.10. The van der Waals surface area contributed by atoms with Crippen molar-refractivity contribution in [1.29, 1.82) is 0 Å². The van der Waals surface area contributed by atoms with Gasteiger partial charge in [0.25, 0.3) is 5.91 Å². The summed E-state index contributed by atoms with van der Waals surface area (Å²) in [6.45, 7) is 1.87. The number of benzene rings is 1. The van der Waals surface area contributed by atoms with Gasteiger partial charge in [-0.05, 0) is 31.2 Å². The number of aromatic nitrogens is 3. The largest absolute Gasteiger partial charge is 0.321 e. The van der Waals surface area contributed by atoms with Crippen LogP contribution >= 0.6 is 11.3 Å². The average molecular weight is 276 g/mol. The third-order valence-corrected chi connectivity index (χ3v) is 3.32. The Morgan fingerprint density at radius 2 is 2.11 bits per heavy atom. The molecule has 5 nitrogen and oxygen atoms in total. The fraction of sp³-hybridized carbons (Fsp3) is 0.0833. The fourth-order valence-electron chi connectivity index (χ4n) is 1.64. The summed E-state index contributed by atoms with van der Waals surface area (Å²) in [6.07, 6.45) is 1.57. The molecule has 0 spiro atoms. The molecule has 0 aliphatic heterocycles. The van der Waals surface area contributed by atoms with Crippen LogP contribution < -0.4 is 5.32 Å². The van der Waals surface area contributed by atoms with Gasteiger partial charge >= 0.3 is 0 Å².